The lowest BCUT2D eigenvalue weighted by Gasteiger charge is -2.32. The average Bonchev–Trinajstić information content (AvgIpc) is 2.75. The van der Waals surface area contributed by atoms with Gasteiger partial charge in [0.1, 0.15) is 5.78 Å². The van der Waals surface area contributed by atoms with Crippen LogP contribution < -0.4 is 5.32 Å². The van der Waals surface area contributed by atoms with Gasteiger partial charge in [-0.25, -0.2) is 0 Å². The highest BCUT2D eigenvalue weighted by Gasteiger charge is 2.43. The molecule has 1 unspecified atom stereocenters. The summed E-state index contributed by atoms with van der Waals surface area (Å²) < 4.78 is 0. The van der Waals surface area contributed by atoms with Crippen molar-refractivity contribution < 1.29 is 4.79 Å². The molecule has 0 radical (unpaired) electrons. The third-order valence-corrected chi connectivity index (χ3v) is 4.48. The molecular weight excluding hydrogens is 198 g/mol. The van der Waals surface area contributed by atoms with E-state index in [1.165, 1.54) is 0 Å². The van der Waals surface area contributed by atoms with E-state index in [0.29, 0.717) is 17.6 Å². The number of hydrogen-bond donors (Lipinski definition) is 1. The standard InChI is InChI=1S/C14H27NO/c1-5-12(6-2)9-13(16)14(11(3)4)7-8-15-10-14/h11-12,15H,5-10H2,1-4H3. The van der Waals surface area contributed by atoms with Gasteiger partial charge < -0.3 is 5.32 Å². The molecule has 1 heterocycles. The van der Waals surface area contributed by atoms with Crippen molar-refractivity contribution in [2.75, 3.05) is 13.1 Å². The molecule has 0 aromatic rings. The lowest BCUT2D eigenvalue weighted by molar-refractivity contribution is -0.131. The normalized spacial score (nSPS) is 25.6. The topological polar surface area (TPSA) is 29.1 Å². The smallest absolute Gasteiger partial charge is 0.140 e. The molecule has 1 rings (SSSR count). The van der Waals surface area contributed by atoms with Gasteiger partial charge in [0.2, 0.25) is 0 Å². The molecule has 1 aliphatic rings. The number of carbonyl (C=O) groups is 1. The first-order chi connectivity index (χ1) is 7.56. The van der Waals surface area contributed by atoms with Gasteiger partial charge in [-0.05, 0) is 24.8 Å². The van der Waals surface area contributed by atoms with Crippen molar-refractivity contribution in [1.29, 1.82) is 0 Å². The number of Topliss-reactive ketones (excluding diaryl/α,β-unsaturated/α-hetero) is 1. The second-order valence-corrected chi connectivity index (χ2v) is 5.55. The van der Waals surface area contributed by atoms with Crippen LogP contribution in [0.5, 0.6) is 0 Å². The largest absolute Gasteiger partial charge is 0.316 e. The number of carbonyl (C=O) groups excluding carboxylic acids is 1. The van der Waals surface area contributed by atoms with E-state index in [1.54, 1.807) is 0 Å². The zero-order chi connectivity index (χ0) is 12.2. The SMILES string of the molecule is CCC(CC)CC(=O)C1(C(C)C)CCNC1. The minimum atomic E-state index is -0.0669. The van der Waals surface area contributed by atoms with Crippen molar-refractivity contribution in [2.45, 2.75) is 53.4 Å². The Labute approximate surface area is 100 Å². The van der Waals surface area contributed by atoms with Gasteiger partial charge in [-0.3, -0.25) is 4.79 Å². The molecule has 94 valence electrons. The second kappa shape index (κ2) is 5.81. The van der Waals surface area contributed by atoms with Crippen molar-refractivity contribution in [1.82, 2.24) is 5.32 Å². The van der Waals surface area contributed by atoms with Crippen LogP contribution >= 0.6 is 0 Å². The minimum absolute atomic E-state index is 0.0669. The summed E-state index contributed by atoms with van der Waals surface area (Å²) in [5.74, 6) is 1.55. The van der Waals surface area contributed by atoms with Gasteiger partial charge in [0.25, 0.3) is 0 Å². The monoisotopic (exact) mass is 225 g/mol. The van der Waals surface area contributed by atoms with E-state index in [9.17, 15) is 4.79 Å². The molecule has 1 atom stereocenters. The Bertz CT molecular complexity index is 225. The zero-order valence-electron chi connectivity index (χ0n) is 11.3. The molecule has 0 aromatic heterocycles. The first-order valence-electron chi connectivity index (χ1n) is 6.80. The van der Waals surface area contributed by atoms with Crippen molar-refractivity contribution in [2.24, 2.45) is 17.3 Å². The van der Waals surface area contributed by atoms with Crippen LogP contribution in [0, 0.1) is 17.3 Å². The summed E-state index contributed by atoms with van der Waals surface area (Å²) in [5.41, 5.74) is -0.0669. The summed E-state index contributed by atoms with van der Waals surface area (Å²) in [5, 5.41) is 3.36. The van der Waals surface area contributed by atoms with E-state index in [2.05, 4.69) is 33.0 Å². The molecule has 0 saturated carbocycles. The van der Waals surface area contributed by atoms with Gasteiger partial charge in [0.15, 0.2) is 0 Å². The van der Waals surface area contributed by atoms with Crippen LogP contribution in [0.15, 0.2) is 0 Å². The highest BCUT2D eigenvalue weighted by atomic mass is 16.1. The van der Waals surface area contributed by atoms with Crippen molar-refractivity contribution in [3.05, 3.63) is 0 Å². The molecule has 0 aliphatic carbocycles. The number of ketones is 1. The summed E-state index contributed by atoms with van der Waals surface area (Å²) in [6, 6.07) is 0. The fourth-order valence-electron chi connectivity index (χ4n) is 2.81. The Morgan fingerprint density at radius 2 is 1.94 bits per heavy atom. The maximum Gasteiger partial charge on any atom is 0.140 e. The van der Waals surface area contributed by atoms with E-state index in [0.717, 1.165) is 38.8 Å². The Balaban J connectivity index is 2.69. The van der Waals surface area contributed by atoms with Gasteiger partial charge in [0, 0.05) is 18.4 Å². The lowest BCUT2D eigenvalue weighted by Crippen LogP contribution is -2.39. The third-order valence-electron chi connectivity index (χ3n) is 4.48. The molecule has 1 saturated heterocycles. The fourth-order valence-corrected chi connectivity index (χ4v) is 2.81. The maximum atomic E-state index is 12.5. The lowest BCUT2D eigenvalue weighted by atomic mass is 9.70. The van der Waals surface area contributed by atoms with Crippen LogP contribution in [0.3, 0.4) is 0 Å². The van der Waals surface area contributed by atoms with Crippen molar-refractivity contribution >= 4 is 5.78 Å². The van der Waals surface area contributed by atoms with Gasteiger partial charge in [-0.1, -0.05) is 40.5 Å². The molecule has 0 amide bonds. The molecule has 0 bridgehead atoms. The summed E-state index contributed by atoms with van der Waals surface area (Å²) in [6.07, 6.45) is 4.07. The number of nitrogens with one attached hydrogen (secondary N) is 1. The predicted octanol–water partition coefficient (Wildman–Crippen LogP) is 3.02. The van der Waals surface area contributed by atoms with Gasteiger partial charge in [-0.15, -0.1) is 0 Å². The van der Waals surface area contributed by atoms with Crippen molar-refractivity contribution in [3.8, 4) is 0 Å². The number of hydrogen-bond acceptors (Lipinski definition) is 2. The van der Waals surface area contributed by atoms with Crippen molar-refractivity contribution in [3.63, 3.8) is 0 Å². The average molecular weight is 225 g/mol. The highest BCUT2D eigenvalue weighted by Crippen LogP contribution is 2.37. The van der Waals surface area contributed by atoms with Crippen LogP contribution in [0.1, 0.15) is 53.4 Å². The first kappa shape index (κ1) is 13.7. The molecule has 2 nitrogen and oxygen atoms in total. The summed E-state index contributed by atoms with van der Waals surface area (Å²) in [6.45, 7) is 10.7. The predicted molar refractivity (Wildman–Crippen MR) is 68.5 cm³/mol. The van der Waals surface area contributed by atoms with E-state index in [-0.39, 0.29) is 5.41 Å². The first-order valence-corrected chi connectivity index (χ1v) is 6.80. The quantitative estimate of drug-likeness (QED) is 0.753. The minimum Gasteiger partial charge on any atom is -0.316 e. The molecule has 0 aromatic carbocycles. The molecule has 1 N–H and O–H groups in total. The summed E-state index contributed by atoms with van der Waals surface area (Å²) >= 11 is 0. The molecule has 2 heteroatoms. The molecule has 1 fully saturated rings. The van der Waals surface area contributed by atoms with Gasteiger partial charge >= 0.3 is 0 Å². The van der Waals surface area contributed by atoms with E-state index in [4.69, 9.17) is 0 Å². The van der Waals surface area contributed by atoms with Crippen LogP contribution in [0.4, 0.5) is 0 Å². The second-order valence-electron chi connectivity index (χ2n) is 5.55. The zero-order valence-corrected chi connectivity index (χ0v) is 11.3. The van der Waals surface area contributed by atoms with Gasteiger partial charge in [-0.2, -0.15) is 0 Å². The molecule has 0 spiro atoms. The molecular formula is C14H27NO. The molecule has 16 heavy (non-hydrogen) atoms. The van der Waals surface area contributed by atoms with Crippen LogP contribution in [0.2, 0.25) is 0 Å². The Morgan fingerprint density at radius 1 is 1.31 bits per heavy atom. The molecule has 1 aliphatic heterocycles. The Morgan fingerprint density at radius 3 is 2.31 bits per heavy atom. The van der Waals surface area contributed by atoms with E-state index >= 15 is 0 Å². The summed E-state index contributed by atoms with van der Waals surface area (Å²) in [4.78, 5) is 12.5. The van der Waals surface area contributed by atoms with E-state index < -0.39 is 0 Å². The van der Waals surface area contributed by atoms with Crippen LogP contribution in [0.25, 0.3) is 0 Å². The highest BCUT2D eigenvalue weighted by molar-refractivity contribution is 5.86. The maximum absolute atomic E-state index is 12.5. The van der Waals surface area contributed by atoms with Gasteiger partial charge in [0.05, 0.1) is 0 Å². The van der Waals surface area contributed by atoms with Crippen LogP contribution in [-0.4, -0.2) is 18.9 Å². The Hall–Kier alpha value is -0.370. The van der Waals surface area contributed by atoms with E-state index in [1.807, 2.05) is 0 Å². The number of rotatable bonds is 6. The Kier molecular flexibility index (Phi) is 4.97. The third kappa shape index (κ3) is 2.65. The summed E-state index contributed by atoms with van der Waals surface area (Å²) in [7, 11) is 0. The van der Waals surface area contributed by atoms with Crippen LogP contribution in [-0.2, 0) is 4.79 Å². The fraction of sp³-hybridized carbons (Fsp3) is 0.929.